The molecule has 1 N–H and O–H groups in total. The first kappa shape index (κ1) is 14.4. The van der Waals surface area contributed by atoms with Gasteiger partial charge in [-0.25, -0.2) is 9.97 Å². The summed E-state index contributed by atoms with van der Waals surface area (Å²) in [5.74, 6) is -0.452. The number of aromatic nitrogens is 3. The first-order chi connectivity index (χ1) is 10.6. The second kappa shape index (κ2) is 5.69. The average Bonchev–Trinajstić information content (AvgIpc) is 2.91. The number of nitrogens with one attached hydrogen (secondary N) is 1. The molecule has 0 aliphatic rings. The Kier molecular flexibility index (Phi) is 3.72. The maximum Gasteiger partial charge on any atom is 0.265 e. The van der Waals surface area contributed by atoms with Crippen molar-refractivity contribution in [3.63, 3.8) is 0 Å². The van der Waals surface area contributed by atoms with Crippen LogP contribution in [-0.2, 0) is 6.54 Å². The van der Waals surface area contributed by atoms with Gasteiger partial charge in [-0.15, -0.1) is 11.3 Å². The van der Waals surface area contributed by atoms with Crippen LogP contribution in [0.15, 0.2) is 34.6 Å². The highest BCUT2D eigenvalue weighted by molar-refractivity contribution is 7.13. The number of pyridine rings is 2. The standard InChI is InChI=1S/C15H14N4O2S/c1-3-19-12-10(5-4-6-16-12)7-11(14(19)21)13(20)18-15-17-9(2)8-22-15/h4-8H,3H2,1-2H3,(H,17,18,20). The number of amides is 1. The smallest absolute Gasteiger partial charge is 0.265 e. The summed E-state index contributed by atoms with van der Waals surface area (Å²) >= 11 is 1.33. The summed E-state index contributed by atoms with van der Waals surface area (Å²) in [5, 5.41) is 5.74. The van der Waals surface area contributed by atoms with Crippen molar-refractivity contribution in [1.29, 1.82) is 0 Å². The summed E-state index contributed by atoms with van der Waals surface area (Å²) < 4.78 is 1.50. The maximum atomic E-state index is 12.5. The zero-order chi connectivity index (χ0) is 15.7. The molecule has 7 heteroatoms. The molecule has 0 unspecified atom stereocenters. The van der Waals surface area contributed by atoms with E-state index < -0.39 is 5.91 Å². The van der Waals surface area contributed by atoms with E-state index in [0.29, 0.717) is 17.3 Å². The molecule has 22 heavy (non-hydrogen) atoms. The normalized spacial score (nSPS) is 10.8. The van der Waals surface area contributed by atoms with Gasteiger partial charge >= 0.3 is 0 Å². The average molecular weight is 314 g/mol. The quantitative estimate of drug-likeness (QED) is 0.805. The van der Waals surface area contributed by atoms with E-state index >= 15 is 0 Å². The lowest BCUT2D eigenvalue weighted by molar-refractivity contribution is 0.102. The van der Waals surface area contributed by atoms with E-state index in [-0.39, 0.29) is 11.1 Å². The van der Waals surface area contributed by atoms with Gasteiger partial charge in [0.15, 0.2) is 5.13 Å². The molecule has 1 amide bonds. The van der Waals surface area contributed by atoms with Crippen molar-refractivity contribution in [2.24, 2.45) is 0 Å². The summed E-state index contributed by atoms with van der Waals surface area (Å²) in [4.78, 5) is 33.3. The van der Waals surface area contributed by atoms with Gasteiger partial charge in [0.05, 0.1) is 5.69 Å². The first-order valence-corrected chi connectivity index (χ1v) is 7.70. The molecule has 0 spiro atoms. The minimum absolute atomic E-state index is 0.0928. The lowest BCUT2D eigenvalue weighted by Gasteiger charge is -2.09. The third-order valence-electron chi connectivity index (χ3n) is 3.25. The Morgan fingerprint density at radius 1 is 1.45 bits per heavy atom. The third-order valence-corrected chi connectivity index (χ3v) is 4.12. The minimum atomic E-state index is -0.452. The predicted octanol–water partition coefficient (Wildman–Crippen LogP) is 2.43. The molecule has 0 saturated carbocycles. The van der Waals surface area contributed by atoms with Gasteiger partial charge in [0.25, 0.3) is 11.5 Å². The summed E-state index contributed by atoms with van der Waals surface area (Å²) in [6.07, 6.45) is 1.63. The van der Waals surface area contributed by atoms with Crippen LogP contribution in [0.5, 0.6) is 0 Å². The van der Waals surface area contributed by atoms with Crippen molar-refractivity contribution < 1.29 is 4.79 Å². The van der Waals surface area contributed by atoms with Crippen molar-refractivity contribution in [2.75, 3.05) is 5.32 Å². The number of hydrogen-bond donors (Lipinski definition) is 1. The number of aryl methyl sites for hydroxylation is 2. The Bertz CT molecular complexity index is 913. The number of carbonyl (C=O) groups is 1. The molecule has 0 aliphatic carbocycles. The van der Waals surface area contributed by atoms with Gasteiger partial charge in [0.2, 0.25) is 0 Å². The Morgan fingerprint density at radius 3 is 2.95 bits per heavy atom. The summed E-state index contributed by atoms with van der Waals surface area (Å²) in [6, 6.07) is 5.18. The zero-order valence-corrected chi connectivity index (χ0v) is 13.0. The number of nitrogens with zero attached hydrogens (tertiary/aromatic N) is 3. The van der Waals surface area contributed by atoms with E-state index in [2.05, 4.69) is 15.3 Å². The SMILES string of the molecule is CCn1c(=O)c(C(=O)Nc2nc(C)cs2)cc2cccnc21. The van der Waals surface area contributed by atoms with Crippen LogP contribution in [0.3, 0.4) is 0 Å². The molecule has 3 aromatic heterocycles. The second-order valence-corrected chi connectivity index (χ2v) is 5.63. The van der Waals surface area contributed by atoms with Gasteiger partial charge in [-0.1, -0.05) is 0 Å². The van der Waals surface area contributed by atoms with Crippen molar-refractivity contribution >= 4 is 33.4 Å². The zero-order valence-electron chi connectivity index (χ0n) is 12.2. The molecule has 0 bridgehead atoms. The van der Waals surface area contributed by atoms with Crippen molar-refractivity contribution in [3.05, 3.63) is 51.4 Å². The van der Waals surface area contributed by atoms with Gasteiger partial charge in [0, 0.05) is 23.5 Å². The highest BCUT2D eigenvalue weighted by atomic mass is 32.1. The molecule has 0 aliphatic heterocycles. The second-order valence-electron chi connectivity index (χ2n) is 4.77. The molecular weight excluding hydrogens is 300 g/mol. The highest BCUT2D eigenvalue weighted by Gasteiger charge is 2.16. The van der Waals surface area contributed by atoms with E-state index in [1.807, 2.05) is 25.3 Å². The van der Waals surface area contributed by atoms with Crippen LogP contribution < -0.4 is 10.9 Å². The number of rotatable bonds is 3. The van der Waals surface area contributed by atoms with Crippen LogP contribution >= 0.6 is 11.3 Å². The van der Waals surface area contributed by atoms with Gasteiger partial charge < -0.3 is 0 Å². The Balaban J connectivity index is 2.08. The van der Waals surface area contributed by atoms with E-state index in [9.17, 15) is 9.59 Å². The fourth-order valence-corrected chi connectivity index (χ4v) is 2.92. The van der Waals surface area contributed by atoms with Crippen molar-refractivity contribution in [2.45, 2.75) is 20.4 Å². The molecule has 6 nitrogen and oxygen atoms in total. The summed E-state index contributed by atoms with van der Waals surface area (Å²) in [7, 11) is 0. The molecule has 3 aromatic rings. The fourth-order valence-electron chi connectivity index (χ4n) is 2.24. The van der Waals surface area contributed by atoms with Crippen LogP contribution in [0.25, 0.3) is 11.0 Å². The van der Waals surface area contributed by atoms with Gasteiger partial charge in [-0.3, -0.25) is 19.5 Å². The molecule has 0 fully saturated rings. The number of thiazole rings is 1. The molecular formula is C15H14N4O2S. The van der Waals surface area contributed by atoms with Crippen LogP contribution in [0, 0.1) is 6.92 Å². The number of fused-ring (bicyclic) bond motifs is 1. The predicted molar refractivity (Wildman–Crippen MR) is 86.5 cm³/mol. The van der Waals surface area contributed by atoms with Crippen LogP contribution in [0.2, 0.25) is 0 Å². The minimum Gasteiger partial charge on any atom is -0.298 e. The fraction of sp³-hybridized carbons (Fsp3) is 0.200. The Labute approximate surface area is 130 Å². The molecule has 0 aromatic carbocycles. The topological polar surface area (TPSA) is 76.9 Å². The van der Waals surface area contributed by atoms with Crippen molar-refractivity contribution in [1.82, 2.24) is 14.5 Å². The third kappa shape index (κ3) is 2.50. The lowest BCUT2D eigenvalue weighted by atomic mass is 10.2. The van der Waals surface area contributed by atoms with Gasteiger partial charge in [-0.2, -0.15) is 0 Å². The van der Waals surface area contributed by atoms with E-state index in [1.165, 1.54) is 15.9 Å². The lowest BCUT2D eigenvalue weighted by Crippen LogP contribution is -2.29. The highest BCUT2D eigenvalue weighted by Crippen LogP contribution is 2.16. The summed E-state index contributed by atoms with van der Waals surface area (Å²) in [5.41, 5.74) is 1.15. The van der Waals surface area contributed by atoms with Crippen molar-refractivity contribution in [3.8, 4) is 0 Å². The molecule has 0 atom stereocenters. The van der Waals surface area contributed by atoms with Crippen LogP contribution in [0.4, 0.5) is 5.13 Å². The molecule has 0 radical (unpaired) electrons. The Hall–Kier alpha value is -2.54. The van der Waals surface area contributed by atoms with Crippen LogP contribution in [-0.4, -0.2) is 20.4 Å². The van der Waals surface area contributed by atoms with E-state index in [0.717, 1.165) is 11.1 Å². The molecule has 3 rings (SSSR count). The van der Waals surface area contributed by atoms with Crippen LogP contribution in [0.1, 0.15) is 23.0 Å². The maximum absolute atomic E-state index is 12.5. The molecule has 112 valence electrons. The van der Waals surface area contributed by atoms with E-state index in [4.69, 9.17) is 0 Å². The number of anilines is 1. The molecule has 0 saturated heterocycles. The summed E-state index contributed by atoms with van der Waals surface area (Å²) in [6.45, 7) is 4.14. The number of carbonyl (C=O) groups excluding carboxylic acids is 1. The molecule has 3 heterocycles. The van der Waals surface area contributed by atoms with Gasteiger partial charge in [0.1, 0.15) is 11.2 Å². The Morgan fingerprint density at radius 2 is 2.27 bits per heavy atom. The van der Waals surface area contributed by atoms with E-state index in [1.54, 1.807) is 18.3 Å². The monoisotopic (exact) mass is 314 g/mol. The van der Waals surface area contributed by atoms with Gasteiger partial charge in [-0.05, 0) is 32.0 Å². The largest absolute Gasteiger partial charge is 0.298 e. The first-order valence-electron chi connectivity index (χ1n) is 6.82. The number of hydrogen-bond acceptors (Lipinski definition) is 5.